The van der Waals surface area contributed by atoms with Gasteiger partial charge in [0, 0.05) is 39.8 Å². The molecular formula is C16H36N4O. The van der Waals surface area contributed by atoms with E-state index in [1.807, 2.05) is 0 Å². The second kappa shape index (κ2) is 10.0. The summed E-state index contributed by atoms with van der Waals surface area (Å²) in [7, 11) is 5.72. The molecule has 0 aliphatic carbocycles. The van der Waals surface area contributed by atoms with Gasteiger partial charge in [-0.2, -0.15) is 0 Å². The average molecular weight is 300 g/mol. The van der Waals surface area contributed by atoms with E-state index in [1.165, 1.54) is 6.42 Å². The fourth-order valence-electron chi connectivity index (χ4n) is 2.04. The third kappa shape index (κ3) is 8.27. The third-order valence-corrected chi connectivity index (χ3v) is 4.03. The molecular weight excluding hydrogens is 264 g/mol. The van der Waals surface area contributed by atoms with Gasteiger partial charge in [0.15, 0.2) is 5.96 Å². The van der Waals surface area contributed by atoms with Crippen molar-refractivity contribution in [2.75, 3.05) is 40.8 Å². The molecule has 0 bridgehead atoms. The normalized spacial score (nSPS) is 16.0. The Hall–Kier alpha value is -0.810. The molecule has 2 atom stereocenters. The first-order valence-electron chi connectivity index (χ1n) is 7.93. The van der Waals surface area contributed by atoms with E-state index in [2.05, 4.69) is 62.2 Å². The zero-order valence-corrected chi connectivity index (χ0v) is 15.3. The van der Waals surface area contributed by atoms with E-state index >= 15 is 0 Å². The quantitative estimate of drug-likeness (QED) is 0.531. The van der Waals surface area contributed by atoms with Crippen LogP contribution in [0.3, 0.4) is 0 Å². The lowest BCUT2D eigenvalue weighted by Crippen LogP contribution is -2.47. The van der Waals surface area contributed by atoms with Crippen molar-refractivity contribution in [3.63, 3.8) is 0 Å². The molecule has 0 saturated heterocycles. The molecule has 0 aromatic rings. The molecule has 126 valence electrons. The van der Waals surface area contributed by atoms with E-state index in [4.69, 9.17) is 4.74 Å². The summed E-state index contributed by atoms with van der Waals surface area (Å²) >= 11 is 0. The summed E-state index contributed by atoms with van der Waals surface area (Å²) < 4.78 is 5.54. The molecule has 0 heterocycles. The number of ether oxygens (including phenoxy) is 1. The van der Waals surface area contributed by atoms with Crippen LogP contribution in [0.25, 0.3) is 0 Å². The lowest BCUT2D eigenvalue weighted by molar-refractivity contribution is 0.0205. The fourth-order valence-corrected chi connectivity index (χ4v) is 2.04. The third-order valence-electron chi connectivity index (χ3n) is 4.03. The van der Waals surface area contributed by atoms with E-state index in [0.29, 0.717) is 6.04 Å². The first-order valence-corrected chi connectivity index (χ1v) is 7.93. The van der Waals surface area contributed by atoms with Crippen LogP contribution in [0, 0.1) is 5.41 Å². The van der Waals surface area contributed by atoms with E-state index in [9.17, 15) is 0 Å². The predicted molar refractivity (Wildman–Crippen MR) is 92.0 cm³/mol. The topological polar surface area (TPSA) is 48.9 Å². The Bertz CT molecular complexity index is 299. The highest BCUT2D eigenvalue weighted by molar-refractivity contribution is 5.79. The summed E-state index contributed by atoms with van der Waals surface area (Å²) in [4.78, 5) is 6.61. The van der Waals surface area contributed by atoms with Gasteiger partial charge in [0.05, 0.1) is 6.10 Å². The highest BCUT2D eigenvalue weighted by Crippen LogP contribution is 2.20. The van der Waals surface area contributed by atoms with Gasteiger partial charge in [-0.05, 0) is 25.8 Å². The van der Waals surface area contributed by atoms with Crippen LogP contribution in [-0.4, -0.2) is 63.8 Å². The average Bonchev–Trinajstić information content (AvgIpc) is 2.43. The highest BCUT2D eigenvalue weighted by atomic mass is 16.5. The number of hydrogen-bond donors (Lipinski definition) is 2. The lowest BCUT2D eigenvalue weighted by Gasteiger charge is -2.30. The van der Waals surface area contributed by atoms with Gasteiger partial charge < -0.3 is 20.3 Å². The molecule has 0 spiro atoms. The van der Waals surface area contributed by atoms with Gasteiger partial charge in [0.1, 0.15) is 0 Å². The molecule has 21 heavy (non-hydrogen) atoms. The van der Waals surface area contributed by atoms with E-state index < -0.39 is 0 Å². The number of aliphatic imine (C=N–C) groups is 1. The van der Waals surface area contributed by atoms with Crippen molar-refractivity contribution in [3.8, 4) is 0 Å². The molecule has 0 aromatic heterocycles. The first kappa shape index (κ1) is 20.2. The highest BCUT2D eigenvalue weighted by Gasteiger charge is 2.24. The molecule has 0 aromatic carbocycles. The van der Waals surface area contributed by atoms with Gasteiger partial charge in [-0.15, -0.1) is 0 Å². The maximum Gasteiger partial charge on any atom is 0.191 e. The number of rotatable bonds is 8. The van der Waals surface area contributed by atoms with E-state index in [0.717, 1.165) is 25.6 Å². The van der Waals surface area contributed by atoms with Crippen molar-refractivity contribution in [2.45, 2.75) is 53.2 Å². The number of nitrogens with one attached hydrogen (secondary N) is 2. The molecule has 0 fully saturated rings. The summed E-state index contributed by atoms with van der Waals surface area (Å²) in [5, 5.41) is 6.69. The zero-order chi connectivity index (χ0) is 16.5. The van der Waals surface area contributed by atoms with Crippen LogP contribution in [0.5, 0.6) is 0 Å². The second-order valence-electron chi connectivity index (χ2n) is 6.71. The Kier molecular flexibility index (Phi) is 9.62. The van der Waals surface area contributed by atoms with Gasteiger partial charge in [-0.3, -0.25) is 4.99 Å². The molecule has 0 radical (unpaired) electrons. The Morgan fingerprint density at radius 3 is 2.33 bits per heavy atom. The monoisotopic (exact) mass is 300 g/mol. The van der Waals surface area contributed by atoms with Crippen molar-refractivity contribution in [1.82, 2.24) is 15.5 Å². The predicted octanol–water partition coefficient (Wildman–Crippen LogP) is 1.94. The molecule has 0 amide bonds. The molecule has 5 nitrogen and oxygen atoms in total. The van der Waals surface area contributed by atoms with Crippen LogP contribution >= 0.6 is 0 Å². The minimum Gasteiger partial charge on any atom is -0.379 e. The Morgan fingerprint density at radius 1 is 1.29 bits per heavy atom. The molecule has 2 N–H and O–H groups in total. The molecule has 2 unspecified atom stereocenters. The van der Waals surface area contributed by atoms with Crippen molar-refractivity contribution in [2.24, 2.45) is 10.4 Å². The largest absolute Gasteiger partial charge is 0.379 e. The first-order chi connectivity index (χ1) is 9.76. The number of hydrogen-bond acceptors (Lipinski definition) is 3. The number of methoxy groups -OCH3 is 1. The van der Waals surface area contributed by atoms with Gasteiger partial charge >= 0.3 is 0 Å². The van der Waals surface area contributed by atoms with Crippen molar-refractivity contribution in [1.29, 1.82) is 0 Å². The van der Waals surface area contributed by atoms with Gasteiger partial charge in [0.2, 0.25) is 0 Å². The van der Waals surface area contributed by atoms with Crippen LogP contribution in [-0.2, 0) is 4.74 Å². The summed E-state index contributed by atoms with van der Waals surface area (Å²) in [5.74, 6) is 0.832. The minimum atomic E-state index is 0.109. The van der Waals surface area contributed by atoms with E-state index in [1.54, 1.807) is 14.2 Å². The number of guanidine groups is 1. The smallest absolute Gasteiger partial charge is 0.191 e. The van der Waals surface area contributed by atoms with Crippen molar-refractivity contribution < 1.29 is 4.74 Å². The number of nitrogens with zero attached hydrogens (tertiary/aromatic N) is 2. The lowest BCUT2D eigenvalue weighted by atomic mass is 9.89. The van der Waals surface area contributed by atoms with Gasteiger partial charge in [-0.25, -0.2) is 0 Å². The van der Waals surface area contributed by atoms with Crippen LogP contribution in [0.2, 0.25) is 0 Å². The van der Waals surface area contributed by atoms with Crippen molar-refractivity contribution >= 4 is 5.96 Å². The maximum absolute atomic E-state index is 5.54. The van der Waals surface area contributed by atoms with Crippen LogP contribution in [0.15, 0.2) is 4.99 Å². The Labute approximate surface area is 131 Å². The second-order valence-corrected chi connectivity index (χ2v) is 6.71. The zero-order valence-electron chi connectivity index (χ0n) is 15.3. The van der Waals surface area contributed by atoms with Gasteiger partial charge in [0.25, 0.3) is 0 Å². The maximum atomic E-state index is 5.54. The van der Waals surface area contributed by atoms with Crippen molar-refractivity contribution in [3.05, 3.63) is 0 Å². The summed E-state index contributed by atoms with van der Waals surface area (Å²) in [6.07, 6.45) is 1.32. The molecule has 0 aliphatic heterocycles. The van der Waals surface area contributed by atoms with E-state index in [-0.39, 0.29) is 11.5 Å². The van der Waals surface area contributed by atoms with Crippen LogP contribution < -0.4 is 10.6 Å². The fraction of sp³-hybridized carbons (Fsp3) is 0.938. The van der Waals surface area contributed by atoms with Crippen LogP contribution in [0.1, 0.15) is 41.0 Å². The summed E-state index contributed by atoms with van der Waals surface area (Å²) in [5.41, 5.74) is 0.109. The standard InChI is InChI=1S/C16H36N4O/c1-9-13(2)20(7)11-10-18-15(17-6)19-12-14(21-8)16(3,4)5/h13-14H,9-12H2,1-8H3,(H2,17,18,19). The Morgan fingerprint density at radius 2 is 1.90 bits per heavy atom. The minimum absolute atomic E-state index is 0.109. The molecule has 0 rings (SSSR count). The van der Waals surface area contributed by atoms with Gasteiger partial charge in [-0.1, -0.05) is 27.7 Å². The SMILES string of the molecule is CCC(C)N(C)CCNC(=NC)NCC(OC)C(C)(C)C. The van der Waals surface area contributed by atoms with Crippen LogP contribution in [0.4, 0.5) is 0 Å². The number of likely N-dealkylation sites (N-methyl/N-ethyl adjacent to an activating group) is 1. The Balaban J connectivity index is 4.13. The summed E-state index contributed by atoms with van der Waals surface area (Å²) in [6.45, 7) is 13.6. The molecule has 5 heteroatoms. The molecule has 0 aliphatic rings. The molecule has 0 saturated carbocycles. The summed E-state index contributed by atoms with van der Waals surface area (Å²) in [6, 6.07) is 0.612.